The van der Waals surface area contributed by atoms with Gasteiger partial charge in [-0.25, -0.2) is 0 Å². The number of thiophene rings is 1. The van der Waals surface area contributed by atoms with E-state index in [0.29, 0.717) is 13.0 Å². The topological polar surface area (TPSA) is 59.8 Å². The molecule has 1 N–H and O–H groups in total. The number of nitrogens with zero attached hydrogens (tertiary/aromatic N) is 3. The standard InChI is InChI=1S/C18H20N4OS/c1-13-7-8-24-17(13)5-6-18(23)20-10-14-3-4-16(19-9-14)15-11-21-22(2)12-15/h3-4,7-9,11-12H,5-6,10H2,1-2H3,(H,20,23). The van der Waals surface area contributed by atoms with Crippen molar-refractivity contribution >= 4 is 17.2 Å². The van der Waals surface area contributed by atoms with E-state index in [1.807, 2.05) is 25.4 Å². The minimum Gasteiger partial charge on any atom is -0.352 e. The van der Waals surface area contributed by atoms with E-state index in [4.69, 9.17) is 0 Å². The number of nitrogens with one attached hydrogen (secondary N) is 1. The summed E-state index contributed by atoms with van der Waals surface area (Å²) in [6.07, 6.45) is 6.83. The van der Waals surface area contributed by atoms with Crippen LogP contribution in [0.2, 0.25) is 0 Å². The molecule has 6 heteroatoms. The molecule has 0 spiro atoms. The van der Waals surface area contributed by atoms with E-state index in [9.17, 15) is 4.79 Å². The molecular weight excluding hydrogens is 320 g/mol. The van der Waals surface area contributed by atoms with E-state index in [-0.39, 0.29) is 5.91 Å². The molecule has 0 aromatic carbocycles. The van der Waals surface area contributed by atoms with Crippen LogP contribution >= 0.6 is 11.3 Å². The summed E-state index contributed by atoms with van der Waals surface area (Å²) >= 11 is 1.71. The van der Waals surface area contributed by atoms with Crippen molar-refractivity contribution in [1.82, 2.24) is 20.1 Å². The van der Waals surface area contributed by atoms with Crippen LogP contribution in [0, 0.1) is 6.92 Å². The number of hydrogen-bond donors (Lipinski definition) is 1. The van der Waals surface area contributed by atoms with Crippen LogP contribution in [-0.2, 0) is 24.8 Å². The predicted octanol–water partition coefficient (Wildman–Crippen LogP) is 3.10. The summed E-state index contributed by atoms with van der Waals surface area (Å²) in [6.45, 7) is 2.59. The van der Waals surface area contributed by atoms with Crippen molar-refractivity contribution in [3.8, 4) is 11.3 Å². The first-order chi connectivity index (χ1) is 11.6. The maximum Gasteiger partial charge on any atom is 0.220 e. The van der Waals surface area contributed by atoms with Crippen molar-refractivity contribution in [3.05, 3.63) is 58.2 Å². The van der Waals surface area contributed by atoms with Crippen LogP contribution in [0.15, 0.2) is 42.2 Å². The summed E-state index contributed by atoms with van der Waals surface area (Å²) in [7, 11) is 1.88. The van der Waals surface area contributed by atoms with Crippen molar-refractivity contribution in [2.24, 2.45) is 7.05 Å². The van der Waals surface area contributed by atoms with Gasteiger partial charge in [-0.15, -0.1) is 11.3 Å². The van der Waals surface area contributed by atoms with E-state index in [0.717, 1.165) is 23.2 Å². The average Bonchev–Trinajstić information content (AvgIpc) is 3.20. The number of aryl methyl sites for hydroxylation is 3. The van der Waals surface area contributed by atoms with E-state index < -0.39 is 0 Å². The van der Waals surface area contributed by atoms with Crippen LogP contribution in [-0.4, -0.2) is 20.7 Å². The van der Waals surface area contributed by atoms with Gasteiger partial charge in [0, 0.05) is 42.8 Å². The Labute approximate surface area is 145 Å². The quantitative estimate of drug-likeness (QED) is 0.750. The lowest BCUT2D eigenvalue weighted by molar-refractivity contribution is -0.121. The smallest absolute Gasteiger partial charge is 0.220 e. The van der Waals surface area contributed by atoms with Crippen molar-refractivity contribution < 1.29 is 4.79 Å². The molecule has 0 saturated carbocycles. The fraction of sp³-hybridized carbons (Fsp3) is 0.278. The number of pyridine rings is 1. The van der Waals surface area contributed by atoms with Gasteiger partial charge >= 0.3 is 0 Å². The van der Waals surface area contributed by atoms with E-state index in [2.05, 4.69) is 33.8 Å². The average molecular weight is 340 g/mol. The van der Waals surface area contributed by atoms with E-state index in [1.54, 1.807) is 28.4 Å². The summed E-state index contributed by atoms with van der Waals surface area (Å²) in [5.41, 5.74) is 4.12. The number of hydrogen-bond acceptors (Lipinski definition) is 4. The third kappa shape index (κ3) is 4.08. The Kier molecular flexibility index (Phi) is 5.05. The van der Waals surface area contributed by atoms with Gasteiger partial charge in [-0.1, -0.05) is 6.07 Å². The van der Waals surface area contributed by atoms with Crippen molar-refractivity contribution in [2.75, 3.05) is 0 Å². The first kappa shape index (κ1) is 16.4. The maximum absolute atomic E-state index is 12.0. The number of amides is 1. The Morgan fingerprint density at radius 1 is 1.29 bits per heavy atom. The van der Waals surface area contributed by atoms with E-state index in [1.165, 1.54) is 10.4 Å². The summed E-state index contributed by atoms with van der Waals surface area (Å²) in [5, 5.41) is 9.16. The molecule has 0 saturated heterocycles. The third-order valence-electron chi connectivity index (χ3n) is 3.86. The lowest BCUT2D eigenvalue weighted by atomic mass is 10.2. The molecule has 0 radical (unpaired) electrons. The lowest BCUT2D eigenvalue weighted by Crippen LogP contribution is -2.23. The molecule has 24 heavy (non-hydrogen) atoms. The van der Waals surface area contributed by atoms with Gasteiger partial charge in [0.05, 0.1) is 11.9 Å². The van der Waals surface area contributed by atoms with Gasteiger partial charge < -0.3 is 5.32 Å². The van der Waals surface area contributed by atoms with Crippen LogP contribution in [0.1, 0.15) is 22.4 Å². The second-order valence-electron chi connectivity index (χ2n) is 5.76. The fourth-order valence-corrected chi connectivity index (χ4v) is 3.34. The van der Waals surface area contributed by atoms with Gasteiger partial charge in [0.1, 0.15) is 0 Å². The van der Waals surface area contributed by atoms with Crippen molar-refractivity contribution in [1.29, 1.82) is 0 Å². The van der Waals surface area contributed by atoms with Gasteiger partial charge in [0.15, 0.2) is 0 Å². The molecule has 3 aromatic heterocycles. The van der Waals surface area contributed by atoms with Gasteiger partial charge in [-0.05, 0) is 42.0 Å². The molecule has 0 fully saturated rings. The molecule has 0 aliphatic carbocycles. The minimum atomic E-state index is 0.0686. The zero-order valence-electron chi connectivity index (χ0n) is 13.8. The fourth-order valence-electron chi connectivity index (χ4n) is 2.43. The molecule has 3 heterocycles. The Balaban J connectivity index is 1.49. The Morgan fingerprint density at radius 2 is 2.17 bits per heavy atom. The number of carbonyl (C=O) groups excluding carboxylic acids is 1. The van der Waals surface area contributed by atoms with Crippen LogP contribution in [0.4, 0.5) is 0 Å². The molecule has 0 aliphatic heterocycles. The molecule has 3 aromatic rings. The summed E-state index contributed by atoms with van der Waals surface area (Å²) < 4.78 is 1.75. The highest BCUT2D eigenvalue weighted by Crippen LogP contribution is 2.17. The Bertz CT molecular complexity index is 820. The second-order valence-corrected chi connectivity index (χ2v) is 6.76. The summed E-state index contributed by atoms with van der Waals surface area (Å²) in [5.74, 6) is 0.0686. The molecule has 0 unspecified atom stereocenters. The van der Waals surface area contributed by atoms with Crippen LogP contribution in [0.3, 0.4) is 0 Å². The van der Waals surface area contributed by atoms with E-state index >= 15 is 0 Å². The minimum absolute atomic E-state index is 0.0686. The monoisotopic (exact) mass is 340 g/mol. The van der Waals surface area contributed by atoms with Gasteiger partial charge in [-0.2, -0.15) is 5.10 Å². The van der Waals surface area contributed by atoms with Gasteiger partial charge in [-0.3, -0.25) is 14.5 Å². The molecule has 0 aliphatic rings. The second kappa shape index (κ2) is 7.40. The Morgan fingerprint density at radius 3 is 2.79 bits per heavy atom. The molecular formula is C18H20N4OS. The summed E-state index contributed by atoms with van der Waals surface area (Å²) in [6, 6.07) is 6.03. The third-order valence-corrected chi connectivity index (χ3v) is 4.95. The molecule has 124 valence electrons. The molecule has 0 bridgehead atoms. The highest BCUT2D eigenvalue weighted by Gasteiger charge is 2.06. The first-order valence-corrected chi connectivity index (χ1v) is 8.73. The SMILES string of the molecule is Cc1ccsc1CCC(=O)NCc1ccc(-c2cnn(C)c2)nc1. The lowest BCUT2D eigenvalue weighted by Gasteiger charge is -2.06. The van der Waals surface area contributed by atoms with Crippen LogP contribution < -0.4 is 5.32 Å². The number of carbonyl (C=O) groups is 1. The molecule has 0 atom stereocenters. The predicted molar refractivity (Wildman–Crippen MR) is 95.7 cm³/mol. The number of aromatic nitrogens is 3. The zero-order valence-corrected chi connectivity index (χ0v) is 14.6. The highest BCUT2D eigenvalue weighted by atomic mass is 32.1. The van der Waals surface area contributed by atoms with Crippen molar-refractivity contribution in [2.45, 2.75) is 26.3 Å². The van der Waals surface area contributed by atoms with Crippen LogP contribution in [0.5, 0.6) is 0 Å². The molecule has 1 amide bonds. The summed E-state index contributed by atoms with van der Waals surface area (Å²) in [4.78, 5) is 17.7. The molecule has 5 nitrogen and oxygen atoms in total. The zero-order chi connectivity index (χ0) is 16.9. The van der Waals surface area contributed by atoms with Gasteiger partial charge in [0.25, 0.3) is 0 Å². The largest absolute Gasteiger partial charge is 0.352 e. The normalized spacial score (nSPS) is 10.8. The molecule has 3 rings (SSSR count). The first-order valence-electron chi connectivity index (χ1n) is 7.85. The Hall–Kier alpha value is -2.47. The number of rotatable bonds is 6. The highest BCUT2D eigenvalue weighted by molar-refractivity contribution is 7.10. The van der Waals surface area contributed by atoms with Crippen molar-refractivity contribution in [3.63, 3.8) is 0 Å². The maximum atomic E-state index is 12.0. The van der Waals surface area contributed by atoms with Crippen LogP contribution in [0.25, 0.3) is 11.3 Å². The van der Waals surface area contributed by atoms with Gasteiger partial charge in [0.2, 0.25) is 5.91 Å².